The van der Waals surface area contributed by atoms with Gasteiger partial charge in [-0.15, -0.1) is 0 Å². The van der Waals surface area contributed by atoms with Crippen molar-refractivity contribution in [1.29, 1.82) is 0 Å². The third-order valence-corrected chi connectivity index (χ3v) is 2.78. The van der Waals surface area contributed by atoms with Gasteiger partial charge in [0.05, 0.1) is 19.9 Å². The summed E-state index contributed by atoms with van der Waals surface area (Å²) in [6.07, 6.45) is 2.27. The first-order chi connectivity index (χ1) is 9.12. The van der Waals surface area contributed by atoms with E-state index in [2.05, 4.69) is 5.32 Å². The molecule has 0 aliphatic rings. The minimum absolute atomic E-state index is 0.140. The van der Waals surface area contributed by atoms with E-state index in [0.29, 0.717) is 23.6 Å². The highest BCUT2D eigenvalue weighted by Gasteiger charge is 2.13. The van der Waals surface area contributed by atoms with Crippen LogP contribution in [0.1, 0.15) is 25.3 Å². The SMILES string of the molecule is COc1cc(NC(C)=O)c(CCCCO)c(OC)c1. The van der Waals surface area contributed by atoms with Crippen LogP contribution in [-0.4, -0.2) is 31.8 Å². The summed E-state index contributed by atoms with van der Waals surface area (Å²) in [6.45, 7) is 1.62. The predicted molar refractivity (Wildman–Crippen MR) is 73.9 cm³/mol. The molecule has 0 bridgehead atoms. The summed E-state index contributed by atoms with van der Waals surface area (Å²) in [4.78, 5) is 11.3. The standard InChI is InChI=1S/C14H21NO4/c1-10(17)15-13-8-11(18-2)9-14(19-3)12(13)6-4-5-7-16/h8-9,16H,4-7H2,1-3H3,(H,15,17). The molecular weight excluding hydrogens is 246 g/mol. The fraction of sp³-hybridized carbons (Fsp3) is 0.500. The number of carbonyl (C=O) groups excluding carboxylic acids is 1. The number of nitrogens with one attached hydrogen (secondary N) is 1. The van der Waals surface area contributed by atoms with Crippen LogP contribution in [0.15, 0.2) is 12.1 Å². The lowest BCUT2D eigenvalue weighted by Crippen LogP contribution is -2.09. The molecule has 1 aromatic rings. The number of hydrogen-bond acceptors (Lipinski definition) is 4. The van der Waals surface area contributed by atoms with E-state index >= 15 is 0 Å². The van der Waals surface area contributed by atoms with E-state index in [1.54, 1.807) is 26.4 Å². The minimum Gasteiger partial charge on any atom is -0.497 e. The van der Waals surface area contributed by atoms with E-state index in [1.807, 2.05) is 0 Å². The van der Waals surface area contributed by atoms with Crippen LogP contribution in [0, 0.1) is 0 Å². The molecular formula is C14H21NO4. The van der Waals surface area contributed by atoms with Gasteiger partial charge in [-0.3, -0.25) is 4.79 Å². The van der Waals surface area contributed by atoms with Crippen molar-refractivity contribution in [2.75, 3.05) is 26.1 Å². The fourth-order valence-corrected chi connectivity index (χ4v) is 1.89. The van der Waals surface area contributed by atoms with Gasteiger partial charge in [0.1, 0.15) is 11.5 Å². The quantitative estimate of drug-likeness (QED) is 0.741. The van der Waals surface area contributed by atoms with E-state index in [9.17, 15) is 4.79 Å². The van der Waals surface area contributed by atoms with Crippen LogP contribution in [-0.2, 0) is 11.2 Å². The van der Waals surface area contributed by atoms with Gasteiger partial charge in [0.2, 0.25) is 5.91 Å². The molecule has 0 fully saturated rings. The highest BCUT2D eigenvalue weighted by molar-refractivity contribution is 5.90. The summed E-state index contributed by atoms with van der Waals surface area (Å²) < 4.78 is 10.5. The number of anilines is 1. The van der Waals surface area contributed by atoms with E-state index in [4.69, 9.17) is 14.6 Å². The molecule has 0 aliphatic heterocycles. The maximum Gasteiger partial charge on any atom is 0.221 e. The summed E-state index contributed by atoms with van der Waals surface area (Å²) in [5.41, 5.74) is 1.62. The Kier molecular flexibility index (Phi) is 6.15. The lowest BCUT2D eigenvalue weighted by Gasteiger charge is -2.16. The molecule has 0 unspecified atom stereocenters. The largest absolute Gasteiger partial charge is 0.497 e. The summed E-state index contributed by atoms with van der Waals surface area (Å²) in [5, 5.41) is 11.6. The van der Waals surface area contributed by atoms with Gasteiger partial charge < -0.3 is 19.9 Å². The average Bonchev–Trinajstić information content (AvgIpc) is 2.39. The number of aliphatic hydroxyl groups is 1. The Balaban J connectivity index is 3.09. The van der Waals surface area contributed by atoms with Crippen LogP contribution in [0.2, 0.25) is 0 Å². The minimum atomic E-state index is -0.140. The first kappa shape index (κ1) is 15.3. The Labute approximate surface area is 113 Å². The zero-order valence-corrected chi connectivity index (χ0v) is 11.7. The topological polar surface area (TPSA) is 67.8 Å². The number of unbranched alkanes of at least 4 members (excludes halogenated alkanes) is 1. The summed E-state index contributed by atoms with van der Waals surface area (Å²) >= 11 is 0. The number of hydrogen-bond donors (Lipinski definition) is 2. The van der Waals surface area contributed by atoms with Crippen molar-refractivity contribution < 1.29 is 19.4 Å². The van der Waals surface area contributed by atoms with Crippen LogP contribution in [0.5, 0.6) is 11.5 Å². The smallest absolute Gasteiger partial charge is 0.221 e. The Morgan fingerprint density at radius 3 is 2.53 bits per heavy atom. The lowest BCUT2D eigenvalue weighted by molar-refractivity contribution is -0.114. The van der Waals surface area contributed by atoms with Gasteiger partial charge in [0, 0.05) is 31.2 Å². The average molecular weight is 267 g/mol. The van der Waals surface area contributed by atoms with Crippen LogP contribution in [0.25, 0.3) is 0 Å². The third kappa shape index (κ3) is 4.44. The van der Waals surface area contributed by atoms with Crippen molar-refractivity contribution in [1.82, 2.24) is 0 Å². The second-order valence-electron chi connectivity index (χ2n) is 4.22. The number of rotatable bonds is 7. The number of carbonyl (C=O) groups is 1. The summed E-state index contributed by atoms with van der Waals surface area (Å²) in [7, 11) is 3.15. The molecule has 0 aromatic heterocycles. The zero-order valence-electron chi connectivity index (χ0n) is 11.7. The maximum absolute atomic E-state index is 11.3. The molecule has 0 heterocycles. The molecule has 1 aromatic carbocycles. The van der Waals surface area contributed by atoms with Crippen LogP contribution in [0.3, 0.4) is 0 Å². The molecule has 1 amide bonds. The Hall–Kier alpha value is -1.75. The van der Waals surface area contributed by atoms with E-state index < -0.39 is 0 Å². The molecule has 106 valence electrons. The first-order valence-electron chi connectivity index (χ1n) is 6.25. The molecule has 0 radical (unpaired) electrons. The number of ether oxygens (including phenoxy) is 2. The van der Waals surface area contributed by atoms with Gasteiger partial charge in [0.25, 0.3) is 0 Å². The van der Waals surface area contributed by atoms with Crippen molar-refractivity contribution in [3.8, 4) is 11.5 Å². The molecule has 2 N–H and O–H groups in total. The van der Waals surface area contributed by atoms with Gasteiger partial charge in [-0.2, -0.15) is 0 Å². The maximum atomic E-state index is 11.3. The van der Waals surface area contributed by atoms with E-state index in [1.165, 1.54) is 6.92 Å². The van der Waals surface area contributed by atoms with Gasteiger partial charge in [0.15, 0.2) is 0 Å². The number of benzene rings is 1. The predicted octanol–water partition coefficient (Wildman–Crippen LogP) is 1.98. The van der Waals surface area contributed by atoms with Crippen molar-refractivity contribution in [2.45, 2.75) is 26.2 Å². The fourth-order valence-electron chi connectivity index (χ4n) is 1.89. The Morgan fingerprint density at radius 2 is 2.00 bits per heavy atom. The van der Waals surface area contributed by atoms with Gasteiger partial charge in [-0.05, 0) is 19.3 Å². The molecule has 1 rings (SSSR count). The Bertz CT molecular complexity index is 432. The molecule has 0 spiro atoms. The number of aliphatic hydroxyl groups excluding tert-OH is 1. The monoisotopic (exact) mass is 267 g/mol. The zero-order chi connectivity index (χ0) is 14.3. The highest BCUT2D eigenvalue weighted by atomic mass is 16.5. The second-order valence-corrected chi connectivity index (χ2v) is 4.22. The molecule has 19 heavy (non-hydrogen) atoms. The van der Waals surface area contributed by atoms with Crippen LogP contribution >= 0.6 is 0 Å². The van der Waals surface area contributed by atoms with Crippen LogP contribution in [0.4, 0.5) is 5.69 Å². The molecule has 5 heteroatoms. The molecule has 0 atom stereocenters. The second kappa shape index (κ2) is 7.63. The van der Waals surface area contributed by atoms with Crippen molar-refractivity contribution in [3.05, 3.63) is 17.7 Å². The van der Waals surface area contributed by atoms with Gasteiger partial charge in [-0.1, -0.05) is 0 Å². The van der Waals surface area contributed by atoms with E-state index in [-0.39, 0.29) is 12.5 Å². The summed E-state index contributed by atoms with van der Waals surface area (Å²) in [6, 6.07) is 3.57. The highest BCUT2D eigenvalue weighted by Crippen LogP contribution is 2.33. The number of amides is 1. The van der Waals surface area contributed by atoms with E-state index in [0.717, 1.165) is 18.4 Å². The third-order valence-electron chi connectivity index (χ3n) is 2.78. The van der Waals surface area contributed by atoms with Crippen molar-refractivity contribution in [3.63, 3.8) is 0 Å². The Morgan fingerprint density at radius 1 is 1.26 bits per heavy atom. The van der Waals surface area contributed by atoms with Crippen LogP contribution < -0.4 is 14.8 Å². The number of methoxy groups -OCH3 is 2. The molecule has 0 saturated carbocycles. The normalized spacial score (nSPS) is 10.1. The van der Waals surface area contributed by atoms with Gasteiger partial charge >= 0.3 is 0 Å². The molecule has 0 saturated heterocycles. The molecule has 0 aliphatic carbocycles. The first-order valence-corrected chi connectivity index (χ1v) is 6.25. The van der Waals surface area contributed by atoms with Gasteiger partial charge in [-0.25, -0.2) is 0 Å². The molecule has 5 nitrogen and oxygen atoms in total. The van der Waals surface area contributed by atoms with Crippen molar-refractivity contribution in [2.24, 2.45) is 0 Å². The van der Waals surface area contributed by atoms with Crippen molar-refractivity contribution >= 4 is 11.6 Å². The lowest BCUT2D eigenvalue weighted by atomic mass is 10.0. The summed E-state index contributed by atoms with van der Waals surface area (Å²) in [5.74, 6) is 1.17.